The molecule has 0 bridgehead atoms. The number of amides is 1. The number of nitrogens with one attached hydrogen (secondary N) is 2. The van der Waals surface area contributed by atoms with E-state index < -0.39 is 36.3 Å². The lowest BCUT2D eigenvalue weighted by Crippen LogP contribution is -2.45. The summed E-state index contributed by atoms with van der Waals surface area (Å²) in [4.78, 5) is 12.3. The molecule has 0 fully saturated rings. The molecule has 0 unspecified atom stereocenters. The van der Waals surface area contributed by atoms with E-state index in [-0.39, 0.29) is 29.2 Å². The SMILES string of the molecule is N#Cc1ccc(NCC(F)(F)c2cccc[n+]2O)[n+](O)c1CC(=O)NCc1ccccc1F. The second-order valence-electron chi connectivity index (χ2n) is 7.04. The van der Waals surface area contributed by atoms with Gasteiger partial charge in [-0.2, -0.15) is 14.0 Å². The summed E-state index contributed by atoms with van der Waals surface area (Å²) >= 11 is 0. The molecule has 0 radical (unpaired) electrons. The van der Waals surface area contributed by atoms with Crippen LogP contribution in [0.1, 0.15) is 22.5 Å². The maximum absolute atomic E-state index is 14.5. The highest BCUT2D eigenvalue weighted by Crippen LogP contribution is 2.25. The highest BCUT2D eigenvalue weighted by atomic mass is 19.3. The Kier molecular flexibility index (Phi) is 6.97. The number of rotatable bonds is 8. The van der Waals surface area contributed by atoms with Gasteiger partial charge in [-0.1, -0.05) is 18.2 Å². The number of hydrogen-bond acceptors (Lipinski definition) is 5. The van der Waals surface area contributed by atoms with Gasteiger partial charge in [0.1, 0.15) is 11.9 Å². The minimum Gasteiger partial charge on any atom is -0.352 e. The van der Waals surface area contributed by atoms with E-state index in [9.17, 15) is 33.6 Å². The fourth-order valence-electron chi connectivity index (χ4n) is 3.06. The molecule has 0 atom stereocenters. The highest BCUT2D eigenvalue weighted by Gasteiger charge is 2.43. The number of aromatic nitrogens is 2. The molecule has 1 amide bonds. The number of pyridine rings is 2. The van der Waals surface area contributed by atoms with Crippen LogP contribution in [0.4, 0.5) is 19.0 Å². The van der Waals surface area contributed by atoms with Crippen LogP contribution in [0.5, 0.6) is 0 Å². The first-order chi connectivity index (χ1) is 15.7. The lowest BCUT2D eigenvalue weighted by Gasteiger charge is -2.12. The maximum Gasteiger partial charge on any atom is 0.370 e. The molecule has 0 aliphatic heterocycles. The van der Waals surface area contributed by atoms with Crippen molar-refractivity contribution in [3.63, 3.8) is 0 Å². The minimum absolute atomic E-state index is 0.0490. The van der Waals surface area contributed by atoms with Crippen molar-refractivity contribution < 1.29 is 37.8 Å². The number of nitriles is 1. The van der Waals surface area contributed by atoms with Gasteiger partial charge in [-0.3, -0.25) is 15.3 Å². The van der Waals surface area contributed by atoms with Crippen LogP contribution in [-0.2, 0) is 23.7 Å². The number of nitrogens with zero attached hydrogens (tertiary/aromatic N) is 3. The third-order valence-electron chi connectivity index (χ3n) is 4.79. The third-order valence-corrected chi connectivity index (χ3v) is 4.79. The van der Waals surface area contributed by atoms with Crippen molar-refractivity contribution in [3.8, 4) is 6.07 Å². The molecule has 3 rings (SSSR count). The molecule has 170 valence electrons. The first kappa shape index (κ1) is 23.3. The van der Waals surface area contributed by atoms with Crippen LogP contribution >= 0.6 is 0 Å². The zero-order valence-corrected chi connectivity index (χ0v) is 17.2. The smallest absolute Gasteiger partial charge is 0.352 e. The van der Waals surface area contributed by atoms with Crippen LogP contribution in [0.3, 0.4) is 0 Å². The topological polar surface area (TPSA) is 113 Å². The summed E-state index contributed by atoms with van der Waals surface area (Å²) in [5.41, 5.74) is -0.618. The van der Waals surface area contributed by atoms with Crippen LogP contribution in [0.2, 0.25) is 0 Å². The maximum atomic E-state index is 14.5. The van der Waals surface area contributed by atoms with Gasteiger partial charge in [0.25, 0.3) is 0 Å². The van der Waals surface area contributed by atoms with Crippen molar-refractivity contribution in [1.29, 1.82) is 5.26 Å². The summed E-state index contributed by atoms with van der Waals surface area (Å²) in [6.45, 7) is -1.11. The van der Waals surface area contributed by atoms with Crippen molar-refractivity contribution in [2.45, 2.75) is 18.9 Å². The molecule has 0 spiro atoms. The highest BCUT2D eigenvalue weighted by molar-refractivity contribution is 5.78. The zero-order valence-electron chi connectivity index (χ0n) is 17.2. The standard InChI is InChI=1S/C22H18F3N5O3/c23-17-6-2-1-5-16(17)13-27-21(31)11-18-15(12-26)8-9-20(30(18)33)28-14-22(24,25)19-7-3-4-10-29(19)32/h1-10,33H,11,13-14H2,(H-,27,31,32)/p+2. The Morgan fingerprint density at radius 2 is 1.82 bits per heavy atom. The summed E-state index contributed by atoms with van der Waals surface area (Å²) in [6.07, 6.45) is 0.588. The van der Waals surface area contributed by atoms with Crippen LogP contribution in [-0.4, -0.2) is 22.9 Å². The average Bonchev–Trinajstić information content (AvgIpc) is 2.79. The number of anilines is 1. The molecule has 2 aromatic heterocycles. The summed E-state index contributed by atoms with van der Waals surface area (Å²) in [5, 5.41) is 34.2. The van der Waals surface area contributed by atoms with Crippen LogP contribution in [0.25, 0.3) is 0 Å². The number of benzene rings is 1. The van der Waals surface area contributed by atoms with Gasteiger partial charge in [0, 0.05) is 35.0 Å². The molecule has 8 nitrogen and oxygen atoms in total. The zero-order chi connectivity index (χ0) is 24.0. The van der Waals surface area contributed by atoms with Crippen molar-refractivity contribution in [3.05, 3.63) is 89.1 Å². The number of carbonyl (C=O) groups is 1. The fraction of sp³-hybridized carbons (Fsp3) is 0.182. The first-order valence-corrected chi connectivity index (χ1v) is 9.72. The van der Waals surface area contributed by atoms with Crippen LogP contribution in [0, 0.1) is 17.1 Å². The Bertz CT molecular complexity index is 1210. The lowest BCUT2D eigenvalue weighted by atomic mass is 10.1. The molecule has 3 aromatic rings. The Balaban J connectivity index is 1.74. The van der Waals surface area contributed by atoms with E-state index in [0.717, 1.165) is 12.3 Å². The summed E-state index contributed by atoms with van der Waals surface area (Å²) in [5.74, 6) is -4.84. The first-order valence-electron chi connectivity index (χ1n) is 9.72. The molecule has 0 saturated heterocycles. The van der Waals surface area contributed by atoms with Gasteiger partial charge in [0.15, 0.2) is 12.2 Å². The van der Waals surface area contributed by atoms with Crippen molar-refractivity contribution in [1.82, 2.24) is 5.32 Å². The van der Waals surface area contributed by atoms with Gasteiger partial charge in [-0.25, -0.2) is 4.39 Å². The predicted octanol–water partition coefficient (Wildman–Crippen LogP) is 1.81. The molecular weight excluding hydrogens is 439 g/mol. The van der Waals surface area contributed by atoms with Gasteiger partial charge < -0.3 is 10.5 Å². The molecular formula is C22H20F3N5O3+2. The van der Waals surface area contributed by atoms with Gasteiger partial charge in [-0.05, 0) is 22.9 Å². The van der Waals surface area contributed by atoms with E-state index >= 15 is 0 Å². The largest absolute Gasteiger partial charge is 0.370 e. The van der Waals surface area contributed by atoms with Crippen molar-refractivity contribution >= 4 is 11.7 Å². The Morgan fingerprint density at radius 3 is 2.52 bits per heavy atom. The predicted molar refractivity (Wildman–Crippen MR) is 107 cm³/mol. The monoisotopic (exact) mass is 459 g/mol. The molecule has 1 aromatic carbocycles. The Labute approximate surface area is 186 Å². The number of carbonyl (C=O) groups excluding carboxylic acids is 1. The minimum atomic E-state index is -3.52. The van der Waals surface area contributed by atoms with E-state index in [1.165, 1.54) is 42.5 Å². The molecule has 0 aliphatic carbocycles. The van der Waals surface area contributed by atoms with Gasteiger partial charge in [0.05, 0.1) is 12.0 Å². The number of hydrogen-bond donors (Lipinski definition) is 4. The van der Waals surface area contributed by atoms with E-state index in [1.807, 2.05) is 6.07 Å². The summed E-state index contributed by atoms with van der Waals surface area (Å²) in [7, 11) is 0. The van der Waals surface area contributed by atoms with Crippen LogP contribution < -0.4 is 20.1 Å². The second kappa shape index (κ2) is 9.86. The lowest BCUT2D eigenvalue weighted by molar-refractivity contribution is -0.913. The molecule has 0 aliphatic rings. The van der Waals surface area contributed by atoms with Crippen molar-refractivity contribution in [2.75, 3.05) is 11.9 Å². The average molecular weight is 459 g/mol. The normalized spacial score (nSPS) is 11.0. The van der Waals surface area contributed by atoms with Crippen LogP contribution in [0.15, 0.2) is 60.8 Å². The Hall–Kier alpha value is -4.33. The quantitative estimate of drug-likeness (QED) is 0.303. The molecule has 0 saturated carbocycles. The van der Waals surface area contributed by atoms with Gasteiger partial charge in [0.2, 0.25) is 12.1 Å². The number of halogens is 3. The van der Waals surface area contributed by atoms with Crippen molar-refractivity contribution in [2.24, 2.45) is 0 Å². The third kappa shape index (κ3) is 5.48. The van der Waals surface area contributed by atoms with E-state index in [0.29, 0.717) is 9.46 Å². The molecule has 2 heterocycles. The summed E-state index contributed by atoms with van der Waals surface area (Å²) in [6, 6.07) is 13.9. The van der Waals surface area contributed by atoms with E-state index in [2.05, 4.69) is 10.6 Å². The van der Waals surface area contributed by atoms with E-state index in [1.54, 1.807) is 6.07 Å². The summed E-state index contributed by atoms with van der Waals surface area (Å²) < 4.78 is 43.4. The molecule has 11 heteroatoms. The Morgan fingerprint density at radius 1 is 1.09 bits per heavy atom. The van der Waals surface area contributed by atoms with Gasteiger partial charge in [-0.15, -0.1) is 0 Å². The fourth-order valence-corrected chi connectivity index (χ4v) is 3.06. The van der Waals surface area contributed by atoms with Gasteiger partial charge >= 0.3 is 17.4 Å². The van der Waals surface area contributed by atoms with E-state index in [4.69, 9.17) is 0 Å². The molecule has 4 N–H and O–H groups in total. The number of alkyl halides is 2. The second-order valence-corrected chi connectivity index (χ2v) is 7.04. The molecule has 33 heavy (non-hydrogen) atoms.